The van der Waals surface area contributed by atoms with Gasteiger partial charge in [-0.15, -0.1) is 11.3 Å². The number of rotatable bonds is 2. The van der Waals surface area contributed by atoms with Crippen molar-refractivity contribution in [2.75, 3.05) is 11.1 Å². The first-order valence-corrected chi connectivity index (χ1v) is 5.12. The van der Waals surface area contributed by atoms with Crippen molar-refractivity contribution in [3.05, 3.63) is 28.1 Å². The fraction of sp³-hybridized carbons (Fsp3) is 0.111. The Kier molecular flexibility index (Phi) is 2.42. The number of carbonyl (C=O) groups excluding carboxylic acids is 1. The zero-order valence-electron chi connectivity index (χ0n) is 7.98. The van der Waals surface area contributed by atoms with Gasteiger partial charge in [-0.05, 0) is 18.4 Å². The van der Waals surface area contributed by atoms with Gasteiger partial charge in [-0.1, -0.05) is 5.16 Å². The Morgan fingerprint density at radius 3 is 3.00 bits per heavy atom. The molecular formula is C9H9N3O2S. The van der Waals surface area contributed by atoms with Crippen LogP contribution in [-0.2, 0) is 0 Å². The van der Waals surface area contributed by atoms with Crippen LogP contribution in [0.5, 0.6) is 0 Å². The highest BCUT2D eigenvalue weighted by Gasteiger charge is 2.13. The predicted octanol–water partition coefficient (Wildman–Crippen LogP) is 1.88. The molecule has 0 aliphatic rings. The molecule has 0 bridgehead atoms. The maximum absolute atomic E-state index is 11.6. The summed E-state index contributed by atoms with van der Waals surface area (Å²) >= 11 is 1.28. The molecule has 0 spiro atoms. The minimum atomic E-state index is -0.279. The quantitative estimate of drug-likeness (QED) is 0.814. The molecule has 0 aliphatic carbocycles. The molecule has 5 nitrogen and oxygen atoms in total. The second-order valence-electron chi connectivity index (χ2n) is 2.99. The summed E-state index contributed by atoms with van der Waals surface area (Å²) in [5, 5.41) is 7.98. The van der Waals surface area contributed by atoms with Crippen LogP contribution in [0.1, 0.15) is 15.4 Å². The summed E-state index contributed by atoms with van der Waals surface area (Å²) in [6.07, 6.45) is 0. The molecule has 0 unspecified atom stereocenters. The lowest BCUT2D eigenvalue weighted by Gasteiger charge is -1.98. The number of carbonyl (C=O) groups is 1. The molecule has 0 atom stereocenters. The van der Waals surface area contributed by atoms with Gasteiger partial charge < -0.3 is 10.3 Å². The number of hydrogen-bond acceptors (Lipinski definition) is 5. The lowest BCUT2D eigenvalue weighted by molar-refractivity contribution is 0.102. The highest BCUT2D eigenvalue weighted by atomic mass is 32.1. The third-order valence-corrected chi connectivity index (χ3v) is 2.70. The normalized spacial score (nSPS) is 10.2. The number of aryl methyl sites for hydroxylation is 1. The summed E-state index contributed by atoms with van der Waals surface area (Å²) < 4.78 is 4.85. The van der Waals surface area contributed by atoms with Crippen molar-refractivity contribution < 1.29 is 9.32 Å². The Morgan fingerprint density at radius 2 is 2.47 bits per heavy atom. The van der Waals surface area contributed by atoms with Crippen molar-refractivity contribution in [2.45, 2.75) is 6.92 Å². The van der Waals surface area contributed by atoms with E-state index in [0.29, 0.717) is 22.1 Å². The molecule has 0 saturated heterocycles. The summed E-state index contributed by atoms with van der Waals surface area (Å²) in [5.74, 6) is 0.0453. The summed E-state index contributed by atoms with van der Waals surface area (Å²) in [5.41, 5.74) is 6.78. The second-order valence-corrected chi connectivity index (χ2v) is 3.91. The molecule has 2 aromatic heterocycles. The van der Waals surface area contributed by atoms with E-state index in [1.807, 2.05) is 0 Å². The zero-order valence-corrected chi connectivity index (χ0v) is 8.80. The van der Waals surface area contributed by atoms with Crippen molar-refractivity contribution in [3.8, 4) is 0 Å². The minimum Gasteiger partial charge on any atom is -0.397 e. The largest absolute Gasteiger partial charge is 0.397 e. The van der Waals surface area contributed by atoms with Gasteiger partial charge in [0.15, 0.2) is 0 Å². The van der Waals surface area contributed by atoms with E-state index >= 15 is 0 Å². The molecule has 0 radical (unpaired) electrons. The average molecular weight is 223 g/mol. The summed E-state index contributed by atoms with van der Waals surface area (Å²) in [6, 6.07) is 3.33. The molecule has 1 amide bonds. The Hall–Kier alpha value is -1.82. The number of anilines is 2. The number of nitrogens with zero attached hydrogens (tertiary/aromatic N) is 1. The van der Waals surface area contributed by atoms with Crippen LogP contribution < -0.4 is 11.1 Å². The van der Waals surface area contributed by atoms with Crippen molar-refractivity contribution in [1.82, 2.24) is 5.16 Å². The van der Waals surface area contributed by atoms with Crippen LogP contribution in [0.2, 0.25) is 0 Å². The van der Waals surface area contributed by atoms with Crippen LogP contribution in [-0.4, -0.2) is 11.1 Å². The Morgan fingerprint density at radius 1 is 1.67 bits per heavy atom. The Bertz CT molecular complexity index is 489. The molecule has 0 aliphatic heterocycles. The van der Waals surface area contributed by atoms with Gasteiger partial charge in [-0.3, -0.25) is 10.1 Å². The first-order chi connectivity index (χ1) is 7.16. The van der Waals surface area contributed by atoms with Crippen LogP contribution in [0.3, 0.4) is 0 Å². The van der Waals surface area contributed by atoms with Gasteiger partial charge in [0.1, 0.15) is 4.88 Å². The zero-order chi connectivity index (χ0) is 10.8. The van der Waals surface area contributed by atoms with Crippen molar-refractivity contribution >= 4 is 28.8 Å². The summed E-state index contributed by atoms with van der Waals surface area (Å²) in [6.45, 7) is 1.78. The average Bonchev–Trinajstić information content (AvgIpc) is 2.75. The monoisotopic (exact) mass is 223 g/mol. The van der Waals surface area contributed by atoms with Gasteiger partial charge in [0, 0.05) is 6.07 Å². The third kappa shape index (κ3) is 1.99. The predicted molar refractivity (Wildman–Crippen MR) is 57.9 cm³/mol. The maximum Gasteiger partial charge on any atom is 0.270 e. The molecule has 2 aromatic rings. The number of hydrogen-bond donors (Lipinski definition) is 2. The molecule has 0 fully saturated rings. The summed E-state index contributed by atoms with van der Waals surface area (Å²) in [7, 11) is 0. The molecule has 15 heavy (non-hydrogen) atoms. The number of nitrogens with two attached hydrogens (primary N) is 1. The van der Waals surface area contributed by atoms with Gasteiger partial charge in [0.25, 0.3) is 5.91 Å². The molecule has 0 aromatic carbocycles. The van der Waals surface area contributed by atoms with Crippen LogP contribution in [0, 0.1) is 6.92 Å². The van der Waals surface area contributed by atoms with Gasteiger partial charge >= 0.3 is 0 Å². The van der Waals surface area contributed by atoms with Gasteiger partial charge in [0.05, 0.1) is 11.4 Å². The highest BCUT2D eigenvalue weighted by Crippen LogP contribution is 2.20. The molecule has 3 N–H and O–H groups in total. The van der Waals surface area contributed by atoms with E-state index in [-0.39, 0.29) is 5.91 Å². The van der Waals surface area contributed by atoms with Gasteiger partial charge in [0.2, 0.25) is 5.88 Å². The van der Waals surface area contributed by atoms with E-state index in [2.05, 4.69) is 10.5 Å². The van der Waals surface area contributed by atoms with Crippen LogP contribution >= 0.6 is 11.3 Å². The maximum atomic E-state index is 11.6. The van der Waals surface area contributed by atoms with Crippen molar-refractivity contribution in [3.63, 3.8) is 0 Å². The molecule has 6 heteroatoms. The van der Waals surface area contributed by atoms with Crippen LogP contribution in [0.15, 0.2) is 22.0 Å². The second kappa shape index (κ2) is 3.74. The standard InChI is InChI=1S/C9H9N3O2S/c1-5-4-7(14-12-5)11-9(13)8-6(10)2-3-15-8/h2-4H,10H2,1H3,(H,11,13). The number of nitrogens with one attached hydrogen (secondary N) is 1. The number of thiophene rings is 1. The van der Waals surface area contributed by atoms with E-state index < -0.39 is 0 Å². The van der Waals surface area contributed by atoms with E-state index in [4.69, 9.17) is 10.3 Å². The fourth-order valence-electron chi connectivity index (χ4n) is 1.09. The fourth-order valence-corrected chi connectivity index (χ4v) is 1.81. The van der Waals surface area contributed by atoms with Crippen molar-refractivity contribution in [2.24, 2.45) is 0 Å². The Balaban J connectivity index is 2.14. The van der Waals surface area contributed by atoms with E-state index in [0.717, 1.165) is 0 Å². The lowest BCUT2D eigenvalue weighted by Crippen LogP contribution is -2.11. The van der Waals surface area contributed by atoms with Crippen LogP contribution in [0.4, 0.5) is 11.6 Å². The molecule has 2 rings (SSSR count). The molecular weight excluding hydrogens is 214 g/mol. The minimum absolute atomic E-state index is 0.279. The highest BCUT2D eigenvalue weighted by molar-refractivity contribution is 7.12. The summed E-state index contributed by atoms with van der Waals surface area (Å²) in [4.78, 5) is 12.1. The Labute approximate surface area is 89.9 Å². The van der Waals surface area contributed by atoms with Gasteiger partial charge in [-0.25, -0.2) is 0 Å². The van der Waals surface area contributed by atoms with Crippen LogP contribution in [0.25, 0.3) is 0 Å². The van der Waals surface area contributed by atoms with E-state index in [1.54, 1.807) is 24.4 Å². The smallest absolute Gasteiger partial charge is 0.270 e. The van der Waals surface area contributed by atoms with Crippen molar-refractivity contribution in [1.29, 1.82) is 0 Å². The van der Waals surface area contributed by atoms with E-state index in [1.165, 1.54) is 11.3 Å². The molecule has 2 heterocycles. The van der Waals surface area contributed by atoms with Gasteiger partial charge in [-0.2, -0.15) is 0 Å². The number of aromatic nitrogens is 1. The molecule has 78 valence electrons. The lowest BCUT2D eigenvalue weighted by atomic mass is 10.4. The first-order valence-electron chi connectivity index (χ1n) is 4.24. The van der Waals surface area contributed by atoms with E-state index in [9.17, 15) is 4.79 Å². The SMILES string of the molecule is Cc1cc(NC(=O)c2sccc2N)on1. The number of nitrogen functional groups attached to an aromatic ring is 1. The first kappa shape index (κ1) is 9.72. The topological polar surface area (TPSA) is 81.2 Å². The molecule has 0 saturated carbocycles. The third-order valence-electron chi connectivity index (χ3n) is 1.77. The number of amides is 1.